The summed E-state index contributed by atoms with van der Waals surface area (Å²) in [4.78, 5) is 68.2. The Balaban J connectivity index is 1.35. The SMILES string of the molecule is CC1(C)Oc2c(c(=O)oc3ccccc23)[C@@H](OC(=O)[C@@]23CC[C@@](C)(C(=O)O2)C3(C)C)[C@H]1OC(=O)[C@@]12CC[C@@](C)(C(=O)O1)C2(C)C. The summed E-state index contributed by atoms with van der Waals surface area (Å²) in [5, 5.41) is 0.459. The lowest BCUT2D eigenvalue weighted by Gasteiger charge is -2.45. The minimum Gasteiger partial charge on any atom is -0.482 e. The quantitative estimate of drug-likeness (QED) is 0.266. The summed E-state index contributed by atoms with van der Waals surface area (Å²) in [6.45, 7) is 14.1. The predicted molar refractivity (Wildman–Crippen MR) is 156 cm³/mol. The van der Waals surface area contributed by atoms with Gasteiger partial charge in [0.05, 0.1) is 16.2 Å². The van der Waals surface area contributed by atoms with E-state index in [9.17, 15) is 24.0 Å². The van der Waals surface area contributed by atoms with Gasteiger partial charge in [-0.1, -0.05) is 39.8 Å². The highest BCUT2D eigenvalue weighted by Gasteiger charge is 2.78. The molecule has 240 valence electrons. The van der Waals surface area contributed by atoms with Crippen LogP contribution < -0.4 is 10.4 Å². The van der Waals surface area contributed by atoms with Crippen molar-refractivity contribution in [1.82, 2.24) is 0 Å². The number of esters is 4. The Labute approximate surface area is 259 Å². The first kappa shape index (κ1) is 29.8. The molecule has 0 unspecified atom stereocenters. The van der Waals surface area contributed by atoms with Crippen molar-refractivity contribution in [3.8, 4) is 5.75 Å². The molecule has 0 radical (unpaired) electrons. The first-order chi connectivity index (χ1) is 20.8. The lowest BCUT2D eigenvalue weighted by molar-refractivity contribution is -0.218. The van der Waals surface area contributed by atoms with Gasteiger partial charge < -0.3 is 28.1 Å². The van der Waals surface area contributed by atoms with Gasteiger partial charge in [0, 0.05) is 10.8 Å². The largest absolute Gasteiger partial charge is 0.482 e. The van der Waals surface area contributed by atoms with E-state index >= 15 is 0 Å². The molecular weight excluding hydrogens is 584 g/mol. The van der Waals surface area contributed by atoms with Crippen LogP contribution in [0.5, 0.6) is 5.75 Å². The number of carbonyl (C=O) groups is 4. The molecule has 2 aromatic rings. The number of ether oxygens (including phenoxy) is 5. The predicted octanol–water partition coefficient (Wildman–Crippen LogP) is 4.70. The van der Waals surface area contributed by atoms with Crippen molar-refractivity contribution < 1.29 is 47.3 Å². The van der Waals surface area contributed by atoms with Crippen LogP contribution in [0.25, 0.3) is 11.0 Å². The van der Waals surface area contributed by atoms with Gasteiger partial charge in [0.1, 0.15) is 22.5 Å². The van der Waals surface area contributed by atoms with Crippen LogP contribution in [0.15, 0.2) is 33.5 Å². The maximum atomic E-state index is 14.3. The van der Waals surface area contributed by atoms with E-state index in [-0.39, 0.29) is 29.7 Å². The second kappa shape index (κ2) is 8.47. The summed E-state index contributed by atoms with van der Waals surface area (Å²) < 4.78 is 36.0. The number of benzene rings is 1. The molecule has 11 heteroatoms. The second-order valence-electron chi connectivity index (χ2n) is 15.3. The van der Waals surface area contributed by atoms with Gasteiger partial charge in [0.25, 0.3) is 0 Å². The van der Waals surface area contributed by atoms with Crippen LogP contribution in [-0.4, -0.2) is 46.8 Å². The molecule has 0 amide bonds. The van der Waals surface area contributed by atoms with Gasteiger partial charge in [-0.15, -0.1) is 0 Å². The average molecular weight is 623 g/mol. The third kappa shape index (κ3) is 3.24. The van der Waals surface area contributed by atoms with Crippen molar-refractivity contribution in [2.24, 2.45) is 21.7 Å². The summed E-state index contributed by atoms with van der Waals surface area (Å²) in [5.41, 5.74) is -8.95. The summed E-state index contributed by atoms with van der Waals surface area (Å²) in [6, 6.07) is 6.78. The molecule has 1 aromatic heterocycles. The lowest BCUT2D eigenvalue weighted by Crippen LogP contribution is -2.58. The van der Waals surface area contributed by atoms with E-state index < -0.39 is 80.2 Å². The fourth-order valence-electron chi connectivity index (χ4n) is 8.48. The maximum Gasteiger partial charge on any atom is 0.351 e. The normalized spacial score (nSPS) is 37.9. The molecule has 11 nitrogen and oxygen atoms in total. The summed E-state index contributed by atoms with van der Waals surface area (Å²) in [7, 11) is 0. The molecule has 6 atom stereocenters. The van der Waals surface area contributed by atoms with E-state index in [2.05, 4.69) is 0 Å². The molecule has 4 heterocycles. The zero-order valence-corrected chi connectivity index (χ0v) is 26.8. The van der Waals surface area contributed by atoms with Gasteiger partial charge in [-0.2, -0.15) is 0 Å². The molecule has 4 bridgehead atoms. The van der Waals surface area contributed by atoms with Crippen LogP contribution >= 0.6 is 0 Å². The second-order valence-corrected chi connectivity index (χ2v) is 15.3. The molecule has 5 aliphatic rings. The first-order valence-electron chi connectivity index (χ1n) is 15.4. The molecule has 2 saturated heterocycles. The smallest absolute Gasteiger partial charge is 0.351 e. The summed E-state index contributed by atoms with van der Waals surface area (Å²) in [6.07, 6.45) is -1.58. The molecular formula is C34H38O11. The van der Waals surface area contributed by atoms with Crippen LogP contribution in [-0.2, 0) is 38.1 Å². The molecule has 45 heavy (non-hydrogen) atoms. The molecule has 3 aliphatic heterocycles. The van der Waals surface area contributed by atoms with Crippen molar-refractivity contribution >= 4 is 34.8 Å². The van der Waals surface area contributed by atoms with Crippen LogP contribution in [0.2, 0.25) is 0 Å². The van der Waals surface area contributed by atoms with E-state index in [1.807, 2.05) is 0 Å². The van der Waals surface area contributed by atoms with Crippen LogP contribution in [0.4, 0.5) is 0 Å². The van der Waals surface area contributed by atoms with Crippen molar-refractivity contribution in [3.05, 3.63) is 40.2 Å². The van der Waals surface area contributed by atoms with Crippen molar-refractivity contribution in [2.45, 2.75) is 110 Å². The van der Waals surface area contributed by atoms with Gasteiger partial charge >= 0.3 is 29.5 Å². The highest BCUT2D eigenvalue weighted by molar-refractivity contribution is 5.95. The number of fused-ring (bicyclic) bond motifs is 7. The fourth-order valence-corrected chi connectivity index (χ4v) is 8.48. The third-order valence-corrected chi connectivity index (χ3v) is 12.7. The fraction of sp³-hybridized carbons (Fsp3) is 0.618. The highest BCUT2D eigenvalue weighted by atomic mass is 16.7. The van der Waals surface area contributed by atoms with Gasteiger partial charge in [0.2, 0.25) is 11.2 Å². The summed E-state index contributed by atoms with van der Waals surface area (Å²) in [5.74, 6) is -2.52. The minimum atomic E-state index is -1.62. The number of rotatable bonds is 4. The molecule has 0 spiro atoms. The molecule has 2 saturated carbocycles. The minimum absolute atomic E-state index is 0.132. The maximum absolute atomic E-state index is 14.3. The number of hydrogen-bond acceptors (Lipinski definition) is 11. The third-order valence-electron chi connectivity index (χ3n) is 12.7. The number of carbonyl (C=O) groups excluding carboxylic acids is 4. The van der Waals surface area contributed by atoms with Gasteiger partial charge in [-0.05, 0) is 65.5 Å². The monoisotopic (exact) mass is 622 g/mol. The average Bonchev–Trinajstić information content (AvgIpc) is 3.42. The van der Waals surface area contributed by atoms with Gasteiger partial charge in [-0.25, -0.2) is 14.4 Å². The molecule has 4 fully saturated rings. The van der Waals surface area contributed by atoms with E-state index in [4.69, 9.17) is 28.1 Å². The molecule has 2 aliphatic carbocycles. The molecule has 1 aromatic carbocycles. The standard InChI is InChI=1S/C34H38O11/c1-28(2)22(42-27(39)34-16-14-32(8,25(37)45-34)30(34,5)6)21(19-20(43-28)17-11-9-10-12-18(17)40-23(19)35)41-26(38)33-15-13-31(7,24(36)44-33)29(33,3)4/h9-12,21-22H,13-16H2,1-8H3/t21-,22-,31+,32+,33-,34-/m1/s1. The highest BCUT2D eigenvalue weighted by Crippen LogP contribution is 2.67. The van der Waals surface area contributed by atoms with E-state index in [1.54, 1.807) is 79.7 Å². The van der Waals surface area contributed by atoms with Crippen molar-refractivity contribution in [2.75, 3.05) is 0 Å². The van der Waals surface area contributed by atoms with Crippen molar-refractivity contribution in [1.29, 1.82) is 0 Å². The van der Waals surface area contributed by atoms with Gasteiger partial charge in [-0.3, -0.25) is 9.59 Å². The Bertz CT molecular complexity index is 1780. The Morgan fingerprint density at radius 1 is 0.711 bits per heavy atom. The number of para-hydroxylation sites is 1. The van der Waals surface area contributed by atoms with Gasteiger partial charge in [0.15, 0.2) is 12.2 Å². The first-order valence-corrected chi connectivity index (χ1v) is 15.4. The van der Waals surface area contributed by atoms with E-state index in [0.29, 0.717) is 18.2 Å². The van der Waals surface area contributed by atoms with Crippen LogP contribution in [0, 0.1) is 21.7 Å². The van der Waals surface area contributed by atoms with Crippen LogP contribution in [0.3, 0.4) is 0 Å². The van der Waals surface area contributed by atoms with E-state index in [0.717, 1.165) is 0 Å². The van der Waals surface area contributed by atoms with Crippen molar-refractivity contribution in [3.63, 3.8) is 0 Å². The zero-order valence-electron chi connectivity index (χ0n) is 26.8. The lowest BCUT2D eigenvalue weighted by atomic mass is 9.66. The molecule has 7 rings (SSSR count). The number of hydrogen-bond donors (Lipinski definition) is 0. The topological polar surface area (TPSA) is 145 Å². The Hall–Kier alpha value is -3.89. The Morgan fingerprint density at radius 3 is 1.71 bits per heavy atom. The van der Waals surface area contributed by atoms with E-state index in [1.165, 1.54) is 0 Å². The summed E-state index contributed by atoms with van der Waals surface area (Å²) >= 11 is 0. The molecule has 0 N–H and O–H groups in total. The van der Waals surface area contributed by atoms with Crippen LogP contribution in [0.1, 0.15) is 92.7 Å². The Morgan fingerprint density at radius 2 is 1.22 bits per heavy atom. The Kier molecular flexibility index (Phi) is 5.61. The zero-order chi connectivity index (χ0) is 32.8.